The van der Waals surface area contributed by atoms with Crippen molar-refractivity contribution in [1.29, 1.82) is 0 Å². The molecule has 0 fully saturated rings. The number of carbonyl (C=O) groups is 1. The predicted octanol–water partition coefficient (Wildman–Crippen LogP) is 4.25. The molecule has 3 aromatic rings. The fraction of sp³-hybridized carbons (Fsp3) is 0.0714. The molecule has 0 radical (unpaired) electrons. The Kier molecular flexibility index (Phi) is 4.37. The Bertz CT molecular complexity index is 857. The number of halogens is 1. The number of carboxylic acids is 1. The van der Waals surface area contributed by atoms with Crippen LogP contribution in [0.1, 0.15) is 10.5 Å². The van der Waals surface area contributed by atoms with Crippen LogP contribution in [-0.2, 0) is 0 Å². The van der Waals surface area contributed by atoms with Crippen LogP contribution in [0.15, 0.2) is 35.2 Å². The molecule has 3 rings (SSSR count). The molecule has 5 nitrogen and oxygen atoms in total. The Morgan fingerprint density at radius 2 is 2.23 bits per heavy atom. The number of benzene rings is 1. The Hall–Kier alpha value is -1.96. The van der Waals surface area contributed by atoms with Crippen LogP contribution in [0, 0.1) is 0 Å². The molecular weight excluding hydrogens is 344 g/mol. The smallest absolute Gasteiger partial charge is 0.355 e. The molecular formula is C14H9ClN2O3S2. The summed E-state index contributed by atoms with van der Waals surface area (Å²) in [6.07, 6.45) is 1.70. The molecule has 0 aliphatic carbocycles. The van der Waals surface area contributed by atoms with Gasteiger partial charge in [-0.3, -0.25) is 0 Å². The van der Waals surface area contributed by atoms with E-state index in [0.717, 1.165) is 16.0 Å². The highest BCUT2D eigenvalue weighted by atomic mass is 35.5. The lowest BCUT2D eigenvalue weighted by atomic mass is 10.3. The van der Waals surface area contributed by atoms with Crippen LogP contribution in [0.2, 0.25) is 0 Å². The summed E-state index contributed by atoms with van der Waals surface area (Å²) in [5, 5.41) is 11.7. The van der Waals surface area contributed by atoms with Gasteiger partial charge in [-0.15, -0.1) is 22.7 Å². The fourth-order valence-corrected chi connectivity index (χ4v) is 3.63. The van der Waals surface area contributed by atoms with Crippen LogP contribution in [-0.4, -0.2) is 27.7 Å². The molecule has 1 N–H and O–H groups in total. The first kappa shape index (κ1) is 15.0. The molecule has 8 heteroatoms. The van der Waals surface area contributed by atoms with Crippen LogP contribution in [0.25, 0.3) is 20.2 Å². The van der Waals surface area contributed by atoms with E-state index < -0.39 is 5.97 Å². The summed E-state index contributed by atoms with van der Waals surface area (Å²) >= 11 is 8.16. The summed E-state index contributed by atoms with van der Waals surface area (Å²) in [7, 11) is 0. The van der Waals surface area contributed by atoms with Crippen molar-refractivity contribution in [2.75, 3.05) is 6.61 Å². The Morgan fingerprint density at radius 1 is 1.36 bits per heavy atom. The lowest BCUT2D eigenvalue weighted by molar-refractivity contribution is 0.0691. The van der Waals surface area contributed by atoms with Gasteiger partial charge in [0.05, 0.1) is 10.2 Å². The van der Waals surface area contributed by atoms with Crippen molar-refractivity contribution >= 4 is 50.5 Å². The molecule has 0 spiro atoms. The molecule has 0 saturated carbocycles. The maximum Gasteiger partial charge on any atom is 0.355 e. The van der Waals surface area contributed by atoms with Crippen LogP contribution < -0.4 is 4.74 Å². The van der Waals surface area contributed by atoms with Gasteiger partial charge in [0, 0.05) is 10.9 Å². The number of hydrogen-bond donors (Lipinski definition) is 1. The van der Waals surface area contributed by atoms with Crippen LogP contribution >= 0.6 is 34.3 Å². The first-order valence-electron chi connectivity index (χ1n) is 6.15. The largest absolute Gasteiger partial charge is 0.489 e. The molecule has 0 aliphatic heterocycles. The molecule has 0 bridgehead atoms. The van der Waals surface area contributed by atoms with E-state index in [9.17, 15) is 4.79 Å². The number of aromatic carboxylic acids is 1. The summed E-state index contributed by atoms with van der Waals surface area (Å²) in [4.78, 5) is 19.4. The van der Waals surface area contributed by atoms with Gasteiger partial charge < -0.3 is 9.84 Å². The minimum absolute atomic E-state index is 0.0381. The van der Waals surface area contributed by atoms with E-state index in [1.165, 1.54) is 33.6 Å². The van der Waals surface area contributed by atoms with Crippen molar-refractivity contribution in [2.45, 2.75) is 0 Å². The maximum absolute atomic E-state index is 10.9. The zero-order chi connectivity index (χ0) is 15.5. The number of hydrogen-bond acceptors (Lipinski definition) is 6. The number of rotatable bonds is 5. The van der Waals surface area contributed by atoms with Gasteiger partial charge in [-0.05, 0) is 24.3 Å². The van der Waals surface area contributed by atoms with Crippen molar-refractivity contribution in [3.63, 3.8) is 0 Å². The number of carboxylic acid groups (broad SMARTS) is 1. The quantitative estimate of drug-likeness (QED) is 0.743. The minimum atomic E-state index is -1.04. The third-order valence-electron chi connectivity index (χ3n) is 2.70. The molecule has 0 aliphatic rings. The fourth-order valence-electron chi connectivity index (χ4n) is 1.74. The third-order valence-corrected chi connectivity index (χ3v) is 4.88. The highest BCUT2D eigenvalue weighted by Gasteiger charge is 2.14. The SMILES string of the molecule is O=C(O)c1csc(-c2nc3ccc(OCC=CCl)cc3s2)n1. The molecule has 0 saturated heterocycles. The van der Waals surface area contributed by atoms with Crippen molar-refractivity contribution in [3.05, 3.63) is 40.9 Å². The zero-order valence-electron chi connectivity index (χ0n) is 11.0. The van der Waals surface area contributed by atoms with Crippen molar-refractivity contribution in [3.8, 4) is 15.8 Å². The zero-order valence-corrected chi connectivity index (χ0v) is 13.4. The van der Waals surface area contributed by atoms with Gasteiger partial charge in [0.25, 0.3) is 0 Å². The number of fused-ring (bicyclic) bond motifs is 1. The average Bonchev–Trinajstić information content (AvgIpc) is 3.13. The lowest BCUT2D eigenvalue weighted by Crippen LogP contribution is -1.95. The molecule has 0 atom stereocenters. The molecule has 0 unspecified atom stereocenters. The van der Waals surface area contributed by atoms with Crippen LogP contribution in [0.5, 0.6) is 5.75 Å². The third kappa shape index (κ3) is 3.11. The molecule has 2 heterocycles. The highest BCUT2D eigenvalue weighted by molar-refractivity contribution is 7.25. The Morgan fingerprint density at radius 3 is 2.95 bits per heavy atom. The van der Waals surface area contributed by atoms with Crippen molar-refractivity contribution in [1.82, 2.24) is 9.97 Å². The van der Waals surface area contributed by atoms with E-state index in [2.05, 4.69) is 9.97 Å². The Labute approximate surface area is 138 Å². The number of ether oxygens (including phenoxy) is 1. The summed E-state index contributed by atoms with van der Waals surface area (Å²) in [5.41, 5.74) is 2.27. The molecule has 1 aromatic carbocycles. The van der Waals surface area contributed by atoms with Gasteiger partial charge in [-0.1, -0.05) is 11.6 Å². The molecule has 0 amide bonds. The summed E-state index contributed by atoms with van der Waals surface area (Å²) in [6.45, 7) is 0.398. The summed E-state index contributed by atoms with van der Waals surface area (Å²) in [5.74, 6) is -0.311. The van der Waals surface area contributed by atoms with Crippen LogP contribution in [0.4, 0.5) is 0 Å². The summed E-state index contributed by atoms with van der Waals surface area (Å²) in [6, 6.07) is 5.59. The second kappa shape index (κ2) is 6.43. The van der Waals surface area contributed by atoms with Gasteiger partial charge >= 0.3 is 5.97 Å². The second-order valence-electron chi connectivity index (χ2n) is 4.16. The average molecular weight is 353 g/mol. The van der Waals surface area contributed by atoms with E-state index in [4.69, 9.17) is 21.4 Å². The van der Waals surface area contributed by atoms with Gasteiger partial charge in [0.15, 0.2) is 15.7 Å². The van der Waals surface area contributed by atoms with Gasteiger partial charge in [-0.25, -0.2) is 14.8 Å². The van der Waals surface area contributed by atoms with Crippen molar-refractivity contribution in [2.24, 2.45) is 0 Å². The molecule has 2 aromatic heterocycles. The molecule has 22 heavy (non-hydrogen) atoms. The summed E-state index contributed by atoms with van der Waals surface area (Å²) < 4.78 is 6.48. The minimum Gasteiger partial charge on any atom is -0.489 e. The van der Waals surface area contributed by atoms with Gasteiger partial charge in [-0.2, -0.15) is 0 Å². The topological polar surface area (TPSA) is 72.3 Å². The maximum atomic E-state index is 10.9. The van der Waals surface area contributed by atoms with E-state index in [-0.39, 0.29) is 5.69 Å². The number of aromatic nitrogens is 2. The molecule has 112 valence electrons. The monoisotopic (exact) mass is 352 g/mol. The van der Waals surface area contributed by atoms with Gasteiger partial charge in [0.2, 0.25) is 0 Å². The van der Waals surface area contributed by atoms with E-state index in [1.807, 2.05) is 18.2 Å². The first-order chi connectivity index (χ1) is 10.7. The predicted molar refractivity (Wildman–Crippen MR) is 88.2 cm³/mol. The number of thiazole rings is 2. The normalized spacial score (nSPS) is 11.3. The van der Waals surface area contributed by atoms with Gasteiger partial charge in [0.1, 0.15) is 12.4 Å². The van der Waals surface area contributed by atoms with E-state index in [1.54, 1.807) is 6.08 Å². The number of nitrogens with zero attached hydrogens (tertiary/aromatic N) is 2. The first-order valence-corrected chi connectivity index (χ1v) is 8.28. The van der Waals surface area contributed by atoms with Crippen LogP contribution in [0.3, 0.4) is 0 Å². The van der Waals surface area contributed by atoms with E-state index >= 15 is 0 Å². The standard InChI is InChI=1S/C14H9ClN2O3S2/c15-4-1-5-20-8-2-3-9-11(6-8)22-13(16-9)12-17-10(7-21-12)14(18)19/h1-4,6-7H,5H2,(H,18,19). The lowest BCUT2D eigenvalue weighted by Gasteiger charge is -2.01. The Balaban J connectivity index is 1.90. The second-order valence-corrected chi connectivity index (χ2v) is 6.31. The van der Waals surface area contributed by atoms with Crippen molar-refractivity contribution < 1.29 is 14.6 Å². The van der Waals surface area contributed by atoms with E-state index in [0.29, 0.717) is 16.6 Å². The highest BCUT2D eigenvalue weighted by Crippen LogP contribution is 2.33.